The summed E-state index contributed by atoms with van der Waals surface area (Å²) < 4.78 is 47.4. The second-order valence-electron chi connectivity index (χ2n) is 8.97. The molecule has 1 fully saturated rings. The zero-order valence-electron chi connectivity index (χ0n) is 20.3. The number of ether oxygens (including phenoxy) is 3. The first-order valence-corrected chi connectivity index (χ1v) is 12.0. The van der Waals surface area contributed by atoms with Gasteiger partial charge in [-0.15, -0.1) is 0 Å². The van der Waals surface area contributed by atoms with E-state index in [4.69, 9.17) is 14.2 Å². The summed E-state index contributed by atoms with van der Waals surface area (Å²) in [5, 5.41) is 4.37. The van der Waals surface area contributed by atoms with Gasteiger partial charge in [0.25, 0.3) is 0 Å². The molecule has 37 heavy (non-hydrogen) atoms. The molecule has 0 spiro atoms. The number of rotatable bonds is 7. The number of hydrogen-bond acceptors (Lipinski definition) is 6. The minimum Gasteiger partial charge on any atom is -0.376 e. The third-order valence-corrected chi connectivity index (χ3v) is 6.16. The van der Waals surface area contributed by atoms with Crippen molar-refractivity contribution in [2.24, 2.45) is 4.99 Å². The smallest absolute Gasteiger partial charge is 0.325 e. The van der Waals surface area contributed by atoms with Crippen LogP contribution in [0.15, 0.2) is 64.5 Å². The zero-order chi connectivity index (χ0) is 25.8. The Morgan fingerprint density at radius 3 is 2.81 bits per heavy atom. The molecule has 1 aromatic heterocycles. The SMILES string of the molecule is C[N+]1=C(c2cccc(Cc3nn(-c4ccc(F)c(F)c4)ccc3=O)c2)N=CC(OCC2COCCO2)C1. The van der Waals surface area contributed by atoms with Crippen LogP contribution in [-0.2, 0) is 20.6 Å². The van der Waals surface area contributed by atoms with Crippen molar-refractivity contribution < 1.29 is 27.6 Å². The maximum absolute atomic E-state index is 13.7. The van der Waals surface area contributed by atoms with Crippen LogP contribution in [0.5, 0.6) is 0 Å². The van der Waals surface area contributed by atoms with Gasteiger partial charge in [0.1, 0.15) is 24.6 Å². The van der Waals surface area contributed by atoms with E-state index in [0.717, 1.165) is 29.1 Å². The summed E-state index contributed by atoms with van der Waals surface area (Å²) in [5.41, 5.74) is 2.14. The first-order valence-electron chi connectivity index (χ1n) is 12.0. The Morgan fingerprint density at radius 1 is 1.14 bits per heavy atom. The van der Waals surface area contributed by atoms with Gasteiger partial charge in [-0.05, 0) is 29.8 Å². The Labute approximate surface area is 212 Å². The summed E-state index contributed by atoms with van der Waals surface area (Å²) in [6.07, 6.45) is 3.28. The van der Waals surface area contributed by atoms with Crippen molar-refractivity contribution in [3.63, 3.8) is 0 Å². The number of amidine groups is 1. The van der Waals surface area contributed by atoms with E-state index in [0.29, 0.717) is 38.7 Å². The van der Waals surface area contributed by atoms with Crippen molar-refractivity contribution in [1.82, 2.24) is 9.78 Å². The molecule has 0 bridgehead atoms. The molecule has 5 rings (SSSR count). The highest BCUT2D eigenvalue weighted by molar-refractivity contribution is 6.01. The molecule has 0 aliphatic carbocycles. The van der Waals surface area contributed by atoms with E-state index in [1.807, 2.05) is 35.9 Å². The summed E-state index contributed by atoms with van der Waals surface area (Å²) in [5.74, 6) is -1.13. The Morgan fingerprint density at radius 2 is 2.03 bits per heavy atom. The molecule has 10 heteroatoms. The molecule has 3 aromatic rings. The fourth-order valence-electron chi connectivity index (χ4n) is 4.26. The van der Waals surface area contributed by atoms with Crippen LogP contribution in [-0.4, -0.2) is 78.6 Å². The first-order chi connectivity index (χ1) is 18.0. The van der Waals surface area contributed by atoms with Crippen LogP contribution in [0.1, 0.15) is 16.8 Å². The largest absolute Gasteiger partial charge is 0.376 e. The molecule has 2 aromatic carbocycles. The number of nitrogens with zero attached hydrogens (tertiary/aromatic N) is 4. The van der Waals surface area contributed by atoms with Crippen LogP contribution in [0, 0.1) is 11.6 Å². The summed E-state index contributed by atoms with van der Waals surface area (Å²) >= 11 is 0. The molecule has 0 N–H and O–H groups in total. The lowest BCUT2D eigenvalue weighted by Gasteiger charge is -2.24. The van der Waals surface area contributed by atoms with Crippen molar-refractivity contribution in [2.75, 3.05) is 40.0 Å². The van der Waals surface area contributed by atoms with E-state index in [1.54, 1.807) is 6.21 Å². The van der Waals surface area contributed by atoms with Gasteiger partial charge >= 0.3 is 5.84 Å². The van der Waals surface area contributed by atoms with Crippen LogP contribution in [0.4, 0.5) is 8.78 Å². The van der Waals surface area contributed by atoms with Crippen molar-refractivity contribution in [2.45, 2.75) is 18.6 Å². The molecule has 192 valence electrons. The molecule has 0 amide bonds. The molecular formula is C27H27F2N4O4+. The fraction of sp³-hybridized carbons (Fsp3) is 0.333. The molecule has 0 radical (unpaired) electrons. The zero-order valence-corrected chi connectivity index (χ0v) is 20.3. The van der Waals surface area contributed by atoms with E-state index in [9.17, 15) is 13.6 Å². The molecule has 1 saturated heterocycles. The highest BCUT2D eigenvalue weighted by atomic mass is 19.2. The minimum absolute atomic E-state index is 0.0622. The van der Waals surface area contributed by atoms with Gasteiger partial charge in [0.2, 0.25) is 5.43 Å². The van der Waals surface area contributed by atoms with E-state index in [2.05, 4.69) is 10.1 Å². The van der Waals surface area contributed by atoms with Gasteiger partial charge in [0.15, 0.2) is 17.7 Å². The van der Waals surface area contributed by atoms with E-state index >= 15 is 0 Å². The summed E-state index contributed by atoms with van der Waals surface area (Å²) in [4.78, 5) is 17.1. The third kappa shape index (κ3) is 6.04. The standard InChI is InChI=1S/C27H27F2N4O4/c1-32-15-21(37-17-22-16-35-9-10-36-22)14-30-27(32)19-4-2-3-18(11-19)12-25-26(34)7-8-33(31-25)20-5-6-23(28)24(29)13-20/h2-8,11,13-14,21-22H,9-10,12,15-17H2,1H3/q+1. The Hall–Kier alpha value is -3.60. The van der Waals surface area contributed by atoms with Crippen molar-refractivity contribution >= 4 is 12.1 Å². The number of hydrogen-bond donors (Lipinski definition) is 0. The highest BCUT2D eigenvalue weighted by Gasteiger charge is 2.26. The summed E-state index contributed by atoms with van der Waals surface area (Å²) in [7, 11) is 1.95. The minimum atomic E-state index is -0.981. The molecule has 8 nitrogen and oxygen atoms in total. The lowest BCUT2D eigenvalue weighted by Crippen LogP contribution is -2.39. The van der Waals surface area contributed by atoms with Crippen LogP contribution >= 0.6 is 0 Å². The second-order valence-corrected chi connectivity index (χ2v) is 8.97. The summed E-state index contributed by atoms with van der Waals surface area (Å²) in [6.45, 7) is 2.81. The average Bonchev–Trinajstić information content (AvgIpc) is 2.91. The molecule has 2 aliphatic heterocycles. The Bertz CT molecular complexity index is 1400. The maximum atomic E-state index is 13.7. The fourth-order valence-corrected chi connectivity index (χ4v) is 4.26. The van der Waals surface area contributed by atoms with E-state index in [-0.39, 0.29) is 29.8 Å². The summed E-state index contributed by atoms with van der Waals surface area (Å²) in [6, 6.07) is 12.6. The van der Waals surface area contributed by atoms with Crippen molar-refractivity contribution in [3.05, 3.63) is 93.4 Å². The van der Waals surface area contributed by atoms with Gasteiger partial charge in [-0.25, -0.2) is 13.5 Å². The number of likely N-dealkylation sites (N-methyl/N-ethyl adjacent to an activating group) is 1. The second kappa shape index (κ2) is 11.2. The predicted molar refractivity (Wildman–Crippen MR) is 133 cm³/mol. The van der Waals surface area contributed by atoms with Crippen LogP contribution in [0.2, 0.25) is 0 Å². The van der Waals surface area contributed by atoms with Gasteiger partial charge in [-0.3, -0.25) is 9.37 Å². The lowest BCUT2D eigenvalue weighted by atomic mass is 10.0. The highest BCUT2D eigenvalue weighted by Crippen LogP contribution is 2.15. The Balaban J connectivity index is 1.29. The molecule has 0 saturated carbocycles. The maximum Gasteiger partial charge on any atom is 0.325 e. The van der Waals surface area contributed by atoms with Crippen LogP contribution in [0.25, 0.3) is 5.69 Å². The predicted octanol–water partition coefficient (Wildman–Crippen LogP) is 2.38. The average molecular weight is 510 g/mol. The van der Waals surface area contributed by atoms with Crippen molar-refractivity contribution in [1.29, 1.82) is 0 Å². The number of aliphatic imine (C=N–C) groups is 1. The monoisotopic (exact) mass is 509 g/mol. The van der Waals surface area contributed by atoms with E-state index in [1.165, 1.54) is 23.0 Å². The van der Waals surface area contributed by atoms with Crippen LogP contribution in [0.3, 0.4) is 0 Å². The molecule has 3 heterocycles. The normalized spacial score (nSPS) is 19.9. The lowest BCUT2D eigenvalue weighted by molar-refractivity contribution is -0.506. The van der Waals surface area contributed by atoms with E-state index < -0.39 is 11.6 Å². The van der Waals surface area contributed by atoms with Gasteiger partial charge in [0.05, 0.1) is 44.7 Å². The van der Waals surface area contributed by atoms with Gasteiger partial charge in [-0.1, -0.05) is 17.1 Å². The quantitative estimate of drug-likeness (QED) is 0.457. The number of halogens is 2. The Kier molecular flexibility index (Phi) is 7.59. The first kappa shape index (κ1) is 25.1. The third-order valence-electron chi connectivity index (χ3n) is 6.16. The van der Waals surface area contributed by atoms with Gasteiger partial charge in [-0.2, -0.15) is 5.10 Å². The number of aromatic nitrogens is 2. The van der Waals surface area contributed by atoms with Crippen molar-refractivity contribution in [3.8, 4) is 5.69 Å². The molecule has 2 unspecified atom stereocenters. The molecular weight excluding hydrogens is 482 g/mol. The number of benzene rings is 2. The molecule has 2 atom stereocenters. The topological polar surface area (TPSA) is 78.0 Å². The van der Waals surface area contributed by atoms with Crippen LogP contribution < -0.4 is 5.43 Å². The molecule has 2 aliphatic rings. The van der Waals surface area contributed by atoms with Gasteiger partial charge in [0, 0.05) is 24.8 Å². The van der Waals surface area contributed by atoms with Gasteiger partial charge < -0.3 is 14.2 Å².